The molecule has 1 unspecified atom stereocenters. The van der Waals surface area contributed by atoms with Crippen molar-refractivity contribution >= 4 is 24.0 Å². The number of nitro benzene ring substituents is 1. The first-order valence-electron chi connectivity index (χ1n) is 8.88. The number of piperazine rings is 1. The Hall–Kier alpha value is -1.70. The van der Waals surface area contributed by atoms with Crippen molar-refractivity contribution in [3.05, 3.63) is 39.9 Å². The van der Waals surface area contributed by atoms with Gasteiger partial charge in [0.15, 0.2) is 0 Å². The van der Waals surface area contributed by atoms with Crippen LogP contribution in [0.1, 0.15) is 25.8 Å². The highest BCUT2D eigenvalue weighted by Gasteiger charge is 2.38. The monoisotopic (exact) mass is 382 g/mol. The van der Waals surface area contributed by atoms with E-state index in [0.717, 1.165) is 51.3 Å². The Morgan fingerprint density at radius 3 is 2.38 bits per heavy atom. The van der Waals surface area contributed by atoms with Gasteiger partial charge in [0.2, 0.25) is 5.91 Å². The molecule has 2 fully saturated rings. The van der Waals surface area contributed by atoms with Gasteiger partial charge in [-0.3, -0.25) is 19.8 Å². The van der Waals surface area contributed by atoms with E-state index in [1.165, 1.54) is 12.1 Å². The molecule has 0 bridgehead atoms. The average molecular weight is 383 g/mol. The van der Waals surface area contributed by atoms with Crippen LogP contribution in [0.15, 0.2) is 24.3 Å². The SMILES string of the molecule is CC(C)(C(=O)N1CCC(N2CCNCC2)C1)c1ccc([N+](=O)[O-])cc1.Cl. The molecular weight excluding hydrogens is 356 g/mol. The molecule has 0 saturated carbocycles. The fourth-order valence-corrected chi connectivity index (χ4v) is 3.79. The highest BCUT2D eigenvalue weighted by atomic mass is 35.5. The van der Waals surface area contributed by atoms with Gasteiger partial charge in [-0.05, 0) is 25.8 Å². The van der Waals surface area contributed by atoms with Crippen LogP contribution in [0.3, 0.4) is 0 Å². The number of likely N-dealkylation sites (tertiary alicyclic amines) is 1. The van der Waals surface area contributed by atoms with Crippen LogP contribution in [-0.4, -0.2) is 65.9 Å². The number of rotatable bonds is 4. The van der Waals surface area contributed by atoms with Crippen LogP contribution in [-0.2, 0) is 10.2 Å². The van der Waals surface area contributed by atoms with Gasteiger partial charge in [0, 0.05) is 57.4 Å². The highest BCUT2D eigenvalue weighted by molar-refractivity contribution is 5.87. The summed E-state index contributed by atoms with van der Waals surface area (Å²) in [6.45, 7) is 9.46. The molecule has 2 heterocycles. The van der Waals surface area contributed by atoms with Crippen molar-refractivity contribution < 1.29 is 9.72 Å². The van der Waals surface area contributed by atoms with E-state index in [-0.39, 0.29) is 24.0 Å². The molecule has 8 heteroatoms. The Kier molecular flexibility index (Phi) is 6.60. The summed E-state index contributed by atoms with van der Waals surface area (Å²) < 4.78 is 0. The fraction of sp³-hybridized carbons (Fsp3) is 0.611. The molecule has 2 aliphatic heterocycles. The summed E-state index contributed by atoms with van der Waals surface area (Å²) >= 11 is 0. The highest BCUT2D eigenvalue weighted by Crippen LogP contribution is 2.29. The van der Waals surface area contributed by atoms with Gasteiger partial charge in [-0.2, -0.15) is 0 Å². The van der Waals surface area contributed by atoms with Crippen LogP contribution >= 0.6 is 12.4 Å². The van der Waals surface area contributed by atoms with Crippen molar-refractivity contribution in [3.63, 3.8) is 0 Å². The molecule has 1 N–H and O–H groups in total. The predicted molar refractivity (Wildman–Crippen MR) is 103 cm³/mol. The number of benzene rings is 1. The Balaban J connectivity index is 0.00000243. The molecule has 2 aliphatic rings. The lowest BCUT2D eigenvalue weighted by Crippen LogP contribution is -2.50. The van der Waals surface area contributed by atoms with Gasteiger partial charge in [-0.25, -0.2) is 0 Å². The molecule has 2 saturated heterocycles. The topological polar surface area (TPSA) is 78.7 Å². The first-order valence-corrected chi connectivity index (χ1v) is 8.88. The molecule has 144 valence electrons. The van der Waals surface area contributed by atoms with Crippen molar-refractivity contribution in [2.24, 2.45) is 0 Å². The number of non-ortho nitro benzene ring substituents is 1. The first-order chi connectivity index (χ1) is 11.9. The number of nitro groups is 1. The second-order valence-electron chi connectivity index (χ2n) is 7.41. The van der Waals surface area contributed by atoms with Crippen LogP contribution in [0, 0.1) is 10.1 Å². The molecule has 0 radical (unpaired) electrons. The maximum Gasteiger partial charge on any atom is 0.269 e. The van der Waals surface area contributed by atoms with E-state index >= 15 is 0 Å². The molecule has 1 amide bonds. The molecule has 1 aromatic rings. The molecule has 26 heavy (non-hydrogen) atoms. The minimum Gasteiger partial charge on any atom is -0.340 e. The summed E-state index contributed by atoms with van der Waals surface area (Å²) in [5.74, 6) is 0.0963. The molecule has 1 aromatic carbocycles. The van der Waals surface area contributed by atoms with E-state index in [1.807, 2.05) is 18.7 Å². The quantitative estimate of drug-likeness (QED) is 0.634. The fourth-order valence-electron chi connectivity index (χ4n) is 3.79. The van der Waals surface area contributed by atoms with Gasteiger partial charge in [-0.15, -0.1) is 12.4 Å². The largest absolute Gasteiger partial charge is 0.340 e. The van der Waals surface area contributed by atoms with Crippen molar-refractivity contribution in [3.8, 4) is 0 Å². The number of nitrogens with zero attached hydrogens (tertiary/aromatic N) is 3. The third-order valence-corrected chi connectivity index (χ3v) is 5.45. The molecule has 0 aromatic heterocycles. The van der Waals surface area contributed by atoms with Crippen molar-refractivity contribution in [2.45, 2.75) is 31.7 Å². The zero-order chi connectivity index (χ0) is 18.0. The average Bonchev–Trinajstić information content (AvgIpc) is 3.12. The lowest BCUT2D eigenvalue weighted by atomic mass is 9.83. The molecule has 1 atom stereocenters. The smallest absolute Gasteiger partial charge is 0.269 e. The van der Waals surface area contributed by atoms with Gasteiger partial charge < -0.3 is 10.2 Å². The number of carbonyl (C=O) groups excluding carboxylic acids is 1. The lowest BCUT2D eigenvalue weighted by molar-refractivity contribution is -0.384. The van der Waals surface area contributed by atoms with Gasteiger partial charge in [-0.1, -0.05) is 12.1 Å². The normalized spacial score (nSPS) is 21.3. The van der Waals surface area contributed by atoms with Crippen LogP contribution in [0.2, 0.25) is 0 Å². The van der Waals surface area contributed by atoms with E-state index in [9.17, 15) is 14.9 Å². The molecule has 7 nitrogen and oxygen atoms in total. The standard InChI is InChI=1S/C18H26N4O3.ClH/c1-18(2,14-3-5-15(6-4-14)22(24)25)17(23)21-10-7-16(13-21)20-11-8-19-9-12-20;/h3-6,16,19H,7-13H2,1-2H3;1H. The number of nitrogens with one attached hydrogen (secondary N) is 1. The summed E-state index contributed by atoms with van der Waals surface area (Å²) in [5.41, 5.74) is 0.175. The van der Waals surface area contributed by atoms with Gasteiger partial charge in [0.25, 0.3) is 5.69 Å². The number of hydrogen-bond acceptors (Lipinski definition) is 5. The Morgan fingerprint density at radius 2 is 1.81 bits per heavy atom. The first kappa shape index (κ1) is 20.6. The summed E-state index contributed by atoms with van der Waals surface area (Å²) in [7, 11) is 0. The van der Waals surface area contributed by atoms with Gasteiger partial charge >= 0.3 is 0 Å². The van der Waals surface area contributed by atoms with Gasteiger partial charge in [0.1, 0.15) is 0 Å². The molecule has 0 spiro atoms. The third kappa shape index (κ3) is 4.16. The van der Waals surface area contributed by atoms with Crippen molar-refractivity contribution in [1.29, 1.82) is 0 Å². The third-order valence-electron chi connectivity index (χ3n) is 5.45. The van der Waals surface area contributed by atoms with Crippen LogP contribution in [0.25, 0.3) is 0 Å². The van der Waals surface area contributed by atoms with Crippen molar-refractivity contribution in [2.75, 3.05) is 39.3 Å². The molecule has 0 aliphatic carbocycles. The number of halogens is 1. The Morgan fingerprint density at radius 1 is 1.19 bits per heavy atom. The second-order valence-corrected chi connectivity index (χ2v) is 7.41. The second kappa shape index (κ2) is 8.33. The Labute approximate surface area is 160 Å². The van der Waals surface area contributed by atoms with E-state index in [1.54, 1.807) is 12.1 Å². The van der Waals surface area contributed by atoms with Crippen LogP contribution < -0.4 is 5.32 Å². The summed E-state index contributed by atoms with van der Waals surface area (Å²) in [6, 6.07) is 6.77. The molecular formula is C18H27ClN4O3. The van der Waals surface area contributed by atoms with Crippen molar-refractivity contribution in [1.82, 2.24) is 15.1 Å². The zero-order valence-electron chi connectivity index (χ0n) is 15.3. The van der Waals surface area contributed by atoms with Gasteiger partial charge in [0.05, 0.1) is 10.3 Å². The van der Waals surface area contributed by atoms with Crippen LogP contribution in [0.5, 0.6) is 0 Å². The summed E-state index contributed by atoms with van der Waals surface area (Å²) in [6.07, 6.45) is 1.02. The number of hydrogen-bond donors (Lipinski definition) is 1. The predicted octanol–water partition coefficient (Wildman–Crippen LogP) is 1.80. The number of carbonyl (C=O) groups is 1. The van der Waals surface area contributed by atoms with E-state index < -0.39 is 10.3 Å². The van der Waals surface area contributed by atoms with E-state index in [2.05, 4.69) is 10.2 Å². The van der Waals surface area contributed by atoms with E-state index in [4.69, 9.17) is 0 Å². The Bertz CT molecular complexity index is 644. The minimum absolute atomic E-state index is 0. The maximum absolute atomic E-state index is 13.1. The van der Waals surface area contributed by atoms with E-state index in [0.29, 0.717) is 6.04 Å². The summed E-state index contributed by atoms with van der Waals surface area (Å²) in [5, 5.41) is 14.2. The lowest BCUT2D eigenvalue weighted by Gasteiger charge is -2.34. The maximum atomic E-state index is 13.1. The van der Waals surface area contributed by atoms with Crippen LogP contribution in [0.4, 0.5) is 5.69 Å². The number of amides is 1. The minimum atomic E-state index is -0.687. The summed E-state index contributed by atoms with van der Waals surface area (Å²) in [4.78, 5) is 27.9. The molecule has 3 rings (SSSR count). The zero-order valence-corrected chi connectivity index (χ0v) is 16.1.